The van der Waals surface area contributed by atoms with Gasteiger partial charge in [-0.05, 0) is 6.42 Å². The third-order valence-electron chi connectivity index (χ3n) is 1.77. The molecule has 1 aromatic rings. The van der Waals surface area contributed by atoms with E-state index in [0.29, 0.717) is 12.0 Å². The van der Waals surface area contributed by atoms with Gasteiger partial charge in [-0.25, -0.2) is 4.79 Å². The fourth-order valence-electron chi connectivity index (χ4n) is 1.07. The number of aromatic nitrogens is 2. The highest BCUT2D eigenvalue weighted by Gasteiger charge is 2.05. The minimum absolute atomic E-state index is 0.394. The van der Waals surface area contributed by atoms with Gasteiger partial charge in [-0.2, -0.15) is 0 Å². The third kappa shape index (κ3) is 2.09. The first-order valence-corrected chi connectivity index (χ1v) is 4.09. The van der Waals surface area contributed by atoms with Gasteiger partial charge < -0.3 is 5.11 Å². The monoisotopic (exact) mass is 198 g/mol. The summed E-state index contributed by atoms with van der Waals surface area (Å²) in [5.41, 5.74) is -0.764. The van der Waals surface area contributed by atoms with Crippen LogP contribution >= 0.6 is 0 Å². The van der Waals surface area contributed by atoms with E-state index in [1.807, 2.05) is 0 Å². The van der Waals surface area contributed by atoms with Crippen molar-refractivity contribution >= 4 is 5.97 Å². The van der Waals surface area contributed by atoms with Crippen LogP contribution in [0.5, 0.6) is 0 Å². The summed E-state index contributed by atoms with van der Waals surface area (Å²) in [4.78, 5) is 34.6. The zero-order valence-electron chi connectivity index (χ0n) is 7.61. The maximum atomic E-state index is 11.1. The molecular weight excluding hydrogens is 188 g/mol. The number of H-pyrrole nitrogens is 1. The normalized spacial score (nSPS) is 10.1. The Kier molecular flexibility index (Phi) is 2.85. The highest BCUT2D eigenvalue weighted by molar-refractivity contribution is 5.66. The Morgan fingerprint density at radius 1 is 1.57 bits per heavy atom. The average molecular weight is 198 g/mol. The van der Waals surface area contributed by atoms with Gasteiger partial charge in [0.25, 0.3) is 5.56 Å². The number of carboxylic acid groups (broad SMARTS) is 1. The first kappa shape index (κ1) is 10.2. The maximum absolute atomic E-state index is 11.1. The zero-order chi connectivity index (χ0) is 10.7. The quantitative estimate of drug-likeness (QED) is 0.664. The Morgan fingerprint density at radius 3 is 2.71 bits per heavy atom. The molecule has 0 aliphatic heterocycles. The van der Waals surface area contributed by atoms with Crippen LogP contribution < -0.4 is 11.2 Å². The van der Waals surface area contributed by atoms with Gasteiger partial charge >= 0.3 is 11.7 Å². The van der Waals surface area contributed by atoms with Gasteiger partial charge in [0, 0.05) is 11.8 Å². The lowest BCUT2D eigenvalue weighted by atomic mass is 10.3. The summed E-state index contributed by atoms with van der Waals surface area (Å²) in [6, 6.07) is 0. The molecule has 0 bridgehead atoms. The number of aryl methyl sites for hydroxylation is 1. The van der Waals surface area contributed by atoms with Crippen LogP contribution in [0, 0.1) is 0 Å². The predicted molar refractivity (Wildman–Crippen MR) is 48.3 cm³/mol. The summed E-state index contributed by atoms with van der Waals surface area (Å²) < 4.78 is 0.961. The van der Waals surface area contributed by atoms with Crippen LogP contribution in [-0.2, 0) is 17.8 Å². The summed E-state index contributed by atoms with van der Waals surface area (Å²) >= 11 is 0. The summed E-state index contributed by atoms with van der Waals surface area (Å²) in [6.45, 7) is 1.31. The number of hydrogen-bond acceptors (Lipinski definition) is 3. The molecule has 0 unspecified atom stereocenters. The van der Waals surface area contributed by atoms with Gasteiger partial charge in [0.2, 0.25) is 0 Å². The Hall–Kier alpha value is -1.85. The predicted octanol–water partition coefficient (Wildman–Crippen LogP) is -0.816. The molecule has 1 aromatic heterocycles. The van der Waals surface area contributed by atoms with Crippen molar-refractivity contribution in [1.82, 2.24) is 9.55 Å². The standard InChI is InChI=1S/C8H10N2O4/c1-2-5-3-10(4-6(11)12)8(14)9-7(5)13/h3H,2,4H2,1H3,(H,11,12)(H,9,13,14). The average Bonchev–Trinajstić information content (AvgIpc) is 2.09. The van der Waals surface area contributed by atoms with Crippen LogP contribution in [0.4, 0.5) is 0 Å². The van der Waals surface area contributed by atoms with E-state index in [0.717, 1.165) is 4.57 Å². The molecule has 0 aromatic carbocycles. The van der Waals surface area contributed by atoms with E-state index >= 15 is 0 Å². The van der Waals surface area contributed by atoms with E-state index in [9.17, 15) is 14.4 Å². The Labute approximate surface area is 78.8 Å². The van der Waals surface area contributed by atoms with Crippen LogP contribution in [0.2, 0.25) is 0 Å². The van der Waals surface area contributed by atoms with Crippen LogP contribution in [0.3, 0.4) is 0 Å². The lowest BCUT2D eigenvalue weighted by Crippen LogP contribution is -2.33. The molecular formula is C8H10N2O4. The molecule has 0 fully saturated rings. The summed E-state index contributed by atoms with van der Waals surface area (Å²) in [5, 5.41) is 8.47. The molecule has 0 radical (unpaired) electrons. The van der Waals surface area contributed by atoms with Crippen molar-refractivity contribution < 1.29 is 9.90 Å². The molecule has 6 heteroatoms. The summed E-state index contributed by atoms with van der Waals surface area (Å²) in [7, 11) is 0. The second-order valence-corrected chi connectivity index (χ2v) is 2.79. The molecule has 0 saturated heterocycles. The number of aromatic amines is 1. The van der Waals surface area contributed by atoms with Crippen molar-refractivity contribution in [2.24, 2.45) is 0 Å². The first-order chi connectivity index (χ1) is 6.54. The molecule has 0 saturated carbocycles. The molecule has 6 nitrogen and oxygen atoms in total. The van der Waals surface area contributed by atoms with Crippen LogP contribution in [-0.4, -0.2) is 20.6 Å². The number of carboxylic acids is 1. The zero-order valence-corrected chi connectivity index (χ0v) is 7.61. The van der Waals surface area contributed by atoms with Crippen LogP contribution in [0.1, 0.15) is 12.5 Å². The van der Waals surface area contributed by atoms with Gasteiger partial charge in [0.05, 0.1) is 0 Å². The Morgan fingerprint density at radius 2 is 2.21 bits per heavy atom. The molecule has 0 atom stereocenters. The van der Waals surface area contributed by atoms with Crippen LogP contribution in [0.15, 0.2) is 15.8 Å². The highest BCUT2D eigenvalue weighted by Crippen LogP contribution is 1.88. The van der Waals surface area contributed by atoms with Gasteiger partial charge in [-0.3, -0.25) is 19.1 Å². The highest BCUT2D eigenvalue weighted by atomic mass is 16.4. The number of nitrogens with one attached hydrogen (secondary N) is 1. The molecule has 1 heterocycles. The molecule has 0 aliphatic rings. The number of rotatable bonds is 3. The first-order valence-electron chi connectivity index (χ1n) is 4.09. The van der Waals surface area contributed by atoms with E-state index in [1.54, 1.807) is 6.92 Å². The minimum Gasteiger partial charge on any atom is -0.480 e. The van der Waals surface area contributed by atoms with Gasteiger partial charge in [-0.15, -0.1) is 0 Å². The summed E-state index contributed by atoms with van der Waals surface area (Å²) in [6.07, 6.45) is 1.73. The third-order valence-corrected chi connectivity index (χ3v) is 1.77. The molecule has 2 N–H and O–H groups in total. The number of carbonyl (C=O) groups is 1. The van der Waals surface area contributed by atoms with Gasteiger partial charge in [-0.1, -0.05) is 6.92 Å². The second-order valence-electron chi connectivity index (χ2n) is 2.79. The fraction of sp³-hybridized carbons (Fsp3) is 0.375. The lowest BCUT2D eigenvalue weighted by Gasteiger charge is -2.02. The van der Waals surface area contributed by atoms with E-state index in [1.165, 1.54) is 6.20 Å². The van der Waals surface area contributed by atoms with E-state index < -0.39 is 23.8 Å². The van der Waals surface area contributed by atoms with Crippen LogP contribution in [0.25, 0.3) is 0 Å². The van der Waals surface area contributed by atoms with Gasteiger partial charge in [0.1, 0.15) is 6.54 Å². The number of aliphatic carboxylic acids is 1. The molecule has 0 amide bonds. The van der Waals surface area contributed by atoms with E-state index in [2.05, 4.69) is 4.98 Å². The smallest absolute Gasteiger partial charge is 0.328 e. The topological polar surface area (TPSA) is 92.2 Å². The number of hydrogen-bond donors (Lipinski definition) is 2. The van der Waals surface area contributed by atoms with Crippen molar-refractivity contribution in [3.8, 4) is 0 Å². The molecule has 0 spiro atoms. The second kappa shape index (κ2) is 3.91. The van der Waals surface area contributed by atoms with Crippen molar-refractivity contribution in [2.45, 2.75) is 19.9 Å². The van der Waals surface area contributed by atoms with Crippen molar-refractivity contribution in [2.75, 3.05) is 0 Å². The Bertz CT molecular complexity index is 457. The fourth-order valence-corrected chi connectivity index (χ4v) is 1.07. The number of nitrogens with zero attached hydrogens (tertiary/aromatic N) is 1. The Balaban J connectivity index is 3.24. The van der Waals surface area contributed by atoms with Crippen molar-refractivity contribution in [3.63, 3.8) is 0 Å². The minimum atomic E-state index is -1.12. The molecule has 14 heavy (non-hydrogen) atoms. The SMILES string of the molecule is CCc1cn(CC(=O)O)c(=O)[nH]c1=O. The summed E-state index contributed by atoms with van der Waals surface area (Å²) in [5.74, 6) is -1.12. The molecule has 76 valence electrons. The van der Waals surface area contributed by atoms with E-state index in [-0.39, 0.29) is 0 Å². The largest absolute Gasteiger partial charge is 0.480 e. The van der Waals surface area contributed by atoms with Crippen molar-refractivity contribution in [1.29, 1.82) is 0 Å². The van der Waals surface area contributed by atoms with Crippen molar-refractivity contribution in [3.05, 3.63) is 32.6 Å². The maximum Gasteiger partial charge on any atom is 0.328 e. The molecule has 0 aliphatic carbocycles. The van der Waals surface area contributed by atoms with E-state index in [4.69, 9.17) is 5.11 Å². The lowest BCUT2D eigenvalue weighted by molar-refractivity contribution is -0.137. The molecule has 1 rings (SSSR count). The van der Waals surface area contributed by atoms with Gasteiger partial charge in [0.15, 0.2) is 0 Å².